The van der Waals surface area contributed by atoms with Crippen LogP contribution in [0.4, 0.5) is 0 Å². The molecule has 0 nitrogen and oxygen atoms in total. The van der Waals surface area contributed by atoms with Crippen LogP contribution in [0, 0.1) is 0 Å². The highest BCUT2D eigenvalue weighted by molar-refractivity contribution is 7.40. The molecule has 108 valence electrons. The first-order valence-corrected chi connectivity index (χ1v) is 9.89. The van der Waals surface area contributed by atoms with Gasteiger partial charge in [0.2, 0.25) is 0 Å². The van der Waals surface area contributed by atoms with Gasteiger partial charge in [0.05, 0.1) is 0 Å². The minimum atomic E-state index is -0.437. The summed E-state index contributed by atoms with van der Waals surface area (Å²) < 4.78 is 0. The number of hydrogen-bond donors (Lipinski definition) is 0. The number of halogens is 2. The molecule has 2 aromatic heterocycles. The predicted octanol–water partition coefficient (Wildman–Crippen LogP) is 6.16. The van der Waals surface area contributed by atoms with Crippen molar-refractivity contribution in [3.8, 4) is 11.1 Å². The molecule has 0 radical (unpaired) electrons. The van der Waals surface area contributed by atoms with E-state index in [1.54, 1.807) is 22.7 Å². The van der Waals surface area contributed by atoms with E-state index in [4.69, 9.17) is 22.9 Å². The predicted molar refractivity (Wildman–Crippen MR) is 97.2 cm³/mol. The molecule has 0 aliphatic rings. The van der Waals surface area contributed by atoms with Gasteiger partial charge >= 0.3 is 5.54 Å². The second-order valence-electron chi connectivity index (χ2n) is 5.02. The molecular weight excluding hydrogens is 326 g/mol. The van der Waals surface area contributed by atoms with Crippen molar-refractivity contribution in [3.63, 3.8) is 0 Å². The zero-order chi connectivity index (χ0) is 14.4. The van der Waals surface area contributed by atoms with Gasteiger partial charge in [-0.3, -0.25) is 0 Å². The lowest BCUT2D eigenvalue weighted by Crippen LogP contribution is -2.17. The van der Waals surface area contributed by atoms with Crippen LogP contribution in [-0.4, -0.2) is 5.54 Å². The molecule has 0 amide bonds. The Balaban J connectivity index is 2.03. The van der Waals surface area contributed by atoms with E-state index in [2.05, 4.69) is 28.4 Å². The summed E-state index contributed by atoms with van der Waals surface area (Å²) in [5.74, 6) is 0. The summed E-state index contributed by atoms with van der Waals surface area (Å²) in [6.07, 6.45) is 7.76. The maximum Gasteiger partial charge on any atom is 0.384 e. The molecule has 20 heavy (non-hydrogen) atoms. The third kappa shape index (κ3) is 4.27. The van der Waals surface area contributed by atoms with Crippen LogP contribution < -0.4 is 5.46 Å². The molecular formula is C15H19BCl2S2. The Morgan fingerprint density at radius 3 is 2.35 bits per heavy atom. The molecule has 0 aliphatic heterocycles. The highest BCUT2D eigenvalue weighted by atomic mass is 35.5. The number of hydrogen-bond acceptors (Lipinski definition) is 2. The van der Waals surface area contributed by atoms with Crippen LogP contribution in [0.15, 0.2) is 21.5 Å². The molecule has 5 heteroatoms. The molecule has 0 spiro atoms. The van der Waals surface area contributed by atoms with Crippen molar-refractivity contribution in [1.29, 1.82) is 0 Å². The first kappa shape index (κ1) is 16.4. The quantitative estimate of drug-likeness (QED) is 0.397. The molecule has 0 fully saturated rings. The average Bonchev–Trinajstić information content (AvgIpc) is 3.06. The first-order valence-electron chi connectivity index (χ1n) is 7.13. The van der Waals surface area contributed by atoms with Gasteiger partial charge in [-0.15, -0.1) is 0 Å². The Morgan fingerprint density at radius 2 is 1.60 bits per heavy atom. The lowest BCUT2D eigenvalue weighted by molar-refractivity contribution is 0.633. The summed E-state index contributed by atoms with van der Waals surface area (Å²) >= 11 is 15.6. The Kier molecular flexibility index (Phi) is 6.96. The minimum absolute atomic E-state index is 0.437. The Morgan fingerprint density at radius 1 is 0.900 bits per heavy atom. The van der Waals surface area contributed by atoms with Crippen molar-refractivity contribution in [3.05, 3.63) is 27.1 Å². The molecule has 2 rings (SSSR count). The van der Waals surface area contributed by atoms with Gasteiger partial charge in [0, 0.05) is 0 Å². The summed E-state index contributed by atoms with van der Waals surface area (Å²) in [6, 6.07) is 0. The largest absolute Gasteiger partial charge is 0.384 e. The van der Waals surface area contributed by atoms with Gasteiger partial charge in [-0.25, -0.2) is 0 Å². The van der Waals surface area contributed by atoms with E-state index in [0.29, 0.717) is 0 Å². The Labute approximate surface area is 140 Å². The van der Waals surface area contributed by atoms with Gasteiger partial charge in [0.1, 0.15) is 0 Å². The van der Waals surface area contributed by atoms with Crippen LogP contribution in [0.5, 0.6) is 0 Å². The van der Waals surface area contributed by atoms with Crippen LogP contribution in [0.1, 0.15) is 44.6 Å². The molecule has 0 aromatic carbocycles. The maximum absolute atomic E-state index is 6.06. The van der Waals surface area contributed by atoms with Crippen molar-refractivity contribution in [1.82, 2.24) is 0 Å². The normalized spacial score (nSPS) is 10.9. The van der Waals surface area contributed by atoms with Crippen LogP contribution in [-0.2, 0) is 6.42 Å². The lowest BCUT2D eigenvalue weighted by atomic mass is 9.88. The molecule has 0 atom stereocenters. The summed E-state index contributed by atoms with van der Waals surface area (Å²) in [6.45, 7) is 2.25. The second-order valence-corrected chi connectivity index (χ2v) is 7.60. The molecule has 0 aliphatic carbocycles. The standard InChI is InChI=1S/C15H19BCl2S2/c1-2-3-4-5-6-7-12-8-19-9-13(12)14-10-20-11-15(14)16(17)18/h8-11H,2-7H2,1H3. The van der Waals surface area contributed by atoms with E-state index >= 15 is 0 Å². The van der Waals surface area contributed by atoms with E-state index in [1.165, 1.54) is 48.8 Å². The summed E-state index contributed by atoms with van der Waals surface area (Å²) in [5, 5.41) is 8.72. The summed E-state index contributed by atoms with van der Waals surface area (Å²) in [7, 11) is 0. The van der Waals surface area contributed by atoms with Crippen LogP contribution >= 0.6 is 45.6 Å². The monoisotopic (exact) mass is 344 g/mol. The smallest absolute Gasteiger partial charge is 0.164 e. The fourth-order valence-corrected chi connectivity index (χ4v) is 4.65. The Hall–Kier alpha value is 0.0449. The average molecular weight is 345 g/mol. The van der Waals surface area contributed by atoms with Crippen molar-refractivity contribution >= 4 is 56.6 Å². The molecule has 0 bridgehead atoms. The fraction of sp³-hybridized carbons (Fsp3) is 0.467. The van der Waals surface area contributed by atoms with Crippen LogP contribution in [0.25, 0.3) is 11.1 Å². The van der Waals surface area contributed by atoms with Crippen molar-refractivity contribution < 1.29 is 0 Å². The van der Waals surface area contributed by atoms with Gasteiger partial charge in [0.15, 0.2) is 0 Å². The highest BCUT2D eigenvalue weighted by Gasteiger charge is 2.18. The van der Waals surface area contributed by atoms with E-state index in [0.717, 1.165) is 11.9 Å². The molecule has 0 unspecified atom stereocenters. The minimum Gasteiger partial charge on any atom is -0.164 e. The van der Waals surface area contributed by atoms with Gasteiger partial charge < -0.3 is 0 Å². The van der Waals surface area contributed by atoms with Crippen molar-refractivity contribution in [2.45, 2.75) is 45.4 Å². The fourth-order valence-electron chi connectivity index (χ4n) is 2.37. The summed E-state index contributed by atoms with van der Waals surface area (Å²) in [4.78, 5) is 0. The number of aryl methyl sites for hydroxylation is 1. The third-order valence-electron chi connectivity index (χ3n) is 3.51. The van der Waals surface area contributed by atoms with Gasteiger partial charge in [-0.2, -0.15) is 45.6 Å². The number of thiophene rings is 2. The maximum atomic E-state index is 6.06. The molecule has 0 saturated carbocycles. The molecule has 2 aromatic rings. The van der Waals surface area contributed by atoms with E-state index < -0.39 is 5.54 Å². The van der Waals surface area contributed by atoms with Crippen molar-refractivity contribution in [2.24, 2.45) is 0 Å². The second kappa shape index (κ2) is 8.48. The topological polar surface area (TPSA) is 0 Å². The van der Waals surface area contributed by atoms with Gasteiger partial charge in [-0.05, 0) is 56.5 Å². The zero-order valence-electron chi connectivity index (χ0n) is 11.7. The van der Waals surface area contributed by atoms with E-state index in [-0.39, 0.29) is 0 Å². The zero-order valence-corrected chi connectivity index (χ0v) is 14.8. The van der Waals surface area contributed by atoms with Crippen LogP contribution in [0.2, 0.25) is 0 Å². The van der Waals surface area contributed by atoms with E-state index in [1.807, 2.05) is 0 Å². The van der Waals surface area contributed by atoms with Gasteiger partial charge in [0.25, 0.3) is 0 Å². The Bertz CT molecular complexity index is 519. The molecule has 2 heterocycles. The van der Waals surface area contributed by atoms with Gasteiger partial charge in [-0.1, -0.05) is 32.6 Å². The third-order valence-corrected chi connectivity index (χ3v) is 5.53. The SMILES string of the molecule is CCCCCCCc1cscc1-c1cscc1B(Cl)Cl. The first-order chi connectivity index (χ1) is 9.74. The van der Waals surface area contributed by atoms with E-state index in [9.17, 15) is 0 Å². The summed E-state index contributed by atoms with van der Waals surface area (Å²) in [5.41, 5.74) is 4.60. The number of unbranched alkanes of at least 4 members (excludes halogenated alkanes) is 4. The lowest BCUT2D eigenvalue weighted by Gasteiger charge is -2.06. The van der Waals surface area contributed by atoms with Crippen LogP contribution in [0.3, 0.4) is 0 Å². The van der Waals surface area contributed by atoms with Crippen molar-refractivity contribution in [2.75, 3.05) is 0 Å². The molecule has 0 saturated heterocycles. The highest BCUT2D eigenvalue weighted by Crippen LogP contribution is 2.30. The molecule has 0 N–H and O–H groups in total. The number of rotatable bonds is 8.